The molecule has 9 heteroatoms. The molecule has 3 rings (SSSR count). The Hall–Kier alpha value is -4.14. The highest BCUT2D eigenvalue weighted by atomic mass is 16.2. The predicted octanol–water partition coefficient (Wildman–Crippen LogP) is 2.16. The third kappa shape index (κ3) is 5.97. The molecule has 3 amide bonds. The number of hydrogen-bond donors (Lipinski definition) is 4. The lowest BCUT2D eigenvalue weighted by Crippen LogP contribution is -2.44. The molecule has 0 aliphatic carbocycles. The first-order valence-electron chi connectivity index (χ1n) is 10.8. The lowest BCUT2D eigenvalue weighted by atomic mass is 10.1. The summed E-state index contributed by atoms with van der Waals surface area (Å²) in [4.78, 5) is 36.6. The monoisotopic (exact) mass is 448 g/mol. The van der Waals surface area contributed by atoms with Crippen molar-refractivity contribution in [3.05, 3.63) is 77.5 Å². The molecule has 9 nitrogen and oxygen atoms in total. The number of carbonyl (C=O) groups is 3. The van der Waals surface area contributed by atoms with Gasteiger partial charge < -0.3 is 22.1 Å². The van der Waals surface area contributed by atoms with E-state index < -0.39 is 11.9 Å². The van der Waals surface area contributed by atoms with Crippen LogP contribution in [0.2, 0.25) is 0 Å². The van der Waals surface area contributed by atoms with Crippen LogP contribution in [0.3, 0.4) is 0 Å². The van der Waals surface area contributed by atoms with Crippen LogP contribution in [0.5, 0.6) is 0 Å². The molecule has 0 radical (unpaired) electrons. The molecule has 0 unspecified atom stereocenters. The van der Waals surface area contributed by atoms with Crippen LogP contribution >= 0.6 is 0 Å². The Morgan fingerprint density at radius 3 is 2.36 bits per heavy atom. The van der Waals surface area contributed by atoms with E-state index in [-0.39, 0.29) is 29.7 Å². The van der Waals surface area contributed by atoms with E-state index in [9.17, 15) is 14.4 Å². The normalized spacial score (nSPS) is 11.5. The minimum atomic E-state index is -0.696. The number of aromatic nitrogens is 2. The number of nitrogens with zero attached hydrogens (tertiary/aromatic N) is 2. The summed E-state index contributed by atoms with van der Waals surface area (Å²) in [6.45, 7) is 2.25. The standard InChI is InChI=1S/C24H28N6O3/c1-2-3-9-20(22(26)31)29-23(32)17-12-10-16(11-13-17)14-27-24(33)19-15-28-30(21(19)25)18-7-5-4-6-8-18/h4-8,10-13,15,20H,2-3,9,14,25H2,1H3,(H2,26,31)(H,27,33)(H,29,32)/t20-/m0/s1. The smallest absolute Gasteiger partial charge is 0.256 e. The number of hydrogen-bond acceptors (Lipinski definition) is 5. The Labute approximate surface area is 192 Å². The molecule has 0 aliphatic rings. The molecular formula is C24H28N6O3. The van der Waals surface area contributed by atoms with E-state index in [0.29, 0.717) is 12.0 Å². The molecule has 3 aromatic rings. The van der Waals surface area contributed by atoms with Gasteiger partial charge in [-0.05, 0) is 36.2 Å². The molecule has 33 heavy (non-hydrogen) atoms. The van der Waals surface area contributed by atoms with Crippen molar-refractivity contribution in [1.82, 2.24) is 20.4 Å². The molecule has 0 bridgehead atoms. The van der Waals surface area contributed by atoms with Gasteiger partial charge >= 0.3 is 0 Å². The van der Waals surface area contributed by atoms with Gasteiger partial charge in [-0.1, -0.05) is 50.1 Å². The first kappa shape index (κ1) is 23.5. The molecule has 0 spiro atoms. The Kier molecular flexibility index (Phi) is 7.80. The zero-order valence-electron chi connectivity index (χ0n) is 18.5. The van der Waals surface area contributed by atoms with Gasteiger partial charge in [0.2, 0.25) is 5.91 Å². The third-order valence-electron chi connectivity index (χ3n) is 5.22. The highest BCUT2D eigenvalue weighted by Gasteiger charge is 2.19. The van der Waals surface area contributed by atoms with Crippen LogP contribution in [-0.2, 0) is 11.3 Å². The maximum Gasteiger partial charge on any atom is 0.256 e. The minimum Gasteiger partial charge on any atom is -0.383 e. The van der Waals surface area contributed by atoms with Crippen molar-refractivity contribution >= 4 is 23.5 Å². The highest BCUT2D eigenvalue weighted by Crippen LogP contribution is 2.17. The Balaban J connectivity index is 1.58. The van der Waals surface area contributed by atoms with Gasteiger partial charge in [-0.25, -0.2) is 4.68 Å². The molecule has 1 atom stereocenters. The van der Waals surface area contributed by atoms with Crippen LogP contribution in [0.15, 0.2) is 60.8 Å². The van der Waals surface area contributed by atoms with Crippen molar-refractivity contribution in [3.8, 4) is 5.69 Å². The predicted molar refractivity (Wildman–Crippen MR) is 126 cm³/mol. The fraction of sp³-hybridized carbons (Fsp3) is 0.250. The molecule has 172 valence electrons. The maximum absolute atomic E-state index is 12.6. The number of primary amides is 1. The van der Waals surface area contributed by atoms with Crippen LogP contribution in [0.4, 0.5) is 5.82 Å². The number of benzene rings is 2. The van der Waals surface area contributed by atoms with E-state index in [2.05, 4.69) is 15.7 Å². The van der Waals surface area contributed by atoms with E-state index in [1.54, 1.807) is 24.3 Å². The molecule has 2 aromatic carbocycles. The second kappa shape index (κ2) is 10.9. The van der Waals surface area contributed by atoms with Crippen molar-refractivity contribution in [3.63, 3.8) is 0 Å². The molecule has 0 fully saturated rings. The van der Waals surface area contributed by atoms with Crippen LogP contribution in [0.1, 0.15) is 52.5 Å². The largest absolute Gasteiger partial charge is 0.383 e. The number of para-hydroxylation sites is 1. The lowest BCUT2D eigenvalue weighted by molar-refractivity contribution is -0.120. The number of nitrogen functional groups attached to an aromatic ring is 1. The molecule has 6 N–H and O–H groups in total. The van der Waals surface area contributed by atoms with E-state index in [1.165, 1.54) is 10.9 Å². The summed E-state index contributed by atoms with van der Waals surface area (Å²) in [5, 5.41) is 9.68. The Bertz CT molecular complexity index is 1110. The summed E-state index contributed by atoms with van der Waals surface area (Å²) >= 11 is 0. The number of carbonyl (C=O) groups excluding carboxylic acids is 3. The van der Waals surface area contributed by atoms with Gasteiger partial charge in [-0.15, -0.1) is 0 Å². The van der Waals surface area contributed by atoms with Gasteiger partial charge in [0.25, 0.3) is 11.8 Å². The van der Waals surface area contributed by atoms with Crippen LogP contribution in [-0.4, -0.2) is 33.5 Å². The summed E-state index contributed by atoms with van der Waals surface area (Å²) in [6.07, 6.45) is 3.63. The van der Waals surface area contributed by atoms with E-state index >= 15 is 0 Å². The first-order valence-corrected chi connectivity index (χ1v) is 10.8. The van der Waals surface area contributed by atoms with Crippen molar-refractivity contribution in [2.75, 3.05) is 5.73 Å². The minimum absolute atomic E-state index is 0.247. The van der Waals surface area contributed by atoms with Gasteiger partial charge in [-0.3, -0.25) is 14.4 Å². The van der Waals surface area contributed by atoms with E-state index in [1.807, 2.05) is 37.3 Å². The van der Waals surface area contributed by atoms with Crippen molar-refractivity contribution < 1.29 is 14.4 Å². The number of nitrogens with one attached hydrogen (secondary N) is 2. The quantitative estimate of drug-likeness (QED) is 0.375. The SMILES string of the molecule is CCCC[C@H](NC(=O)c1ccc(CNC(=O)c2cnn(-c3ccccc3)c2N)cc1)C(N)=O. The Morgan fingerprint density at radius 2 is 1.73 bits per heavy atom. The summed E-state index contributed by atoms with van der Waals surface area (Å²) in [7, 11) is 0. The zero-order valence-corrected chi connectivity index (χ0v) is 18.5. The summed E-state index contributed by atoms with van der Waals surface area (Å²) in [5.74, 6) is -1.02. The van der Waals surface area contributed by atoms with Crippen LogP contribution in [0.25, 0.3) is 5.69 Å². The Morgan fingerprint density at radius 1 is 1.03 bits per heavy atom. The second-order valence-electron chi connectivity index (χ2n) is 7.64. The fourth-order valence-electron chi connectivity index (χ4n) is 3.29. The molecule has 1 heterocycles. The fourth-order valence-corrected chi connectivity index (χ4v) is 3.29. The van der Waals surface area contributed by atoms with E-state index in [0.717, 1.165) is 24.1 Å². The first-order chi connectivity index (χ1) is 15.9. The van der Waals surface area contributed by atoms with E-state index in [4.69, 9.17) is 11.5 Å². The maximum atomic E-state index is 12.6. The number of amides is 3. The van der Waals surface area contributed by atoms with Gasteiger partial charge in [0.1, 0.15) is 17.4 Å². The zero-order chi connectivity index (χ0) is 23.8. The second-order valence-corrected chi connectivity index (χ2v) is 7.64. The molecule has 0 saturated heterocycles. The van der Waals surface area contributed by atoms with Crippen LogP contribution < -0.4 is 22.1 Å². The third-order valence-corrected chi connectivity index (χ3v) is 5.22. The van der Waals surface area contributed by atoms with Crippen molar-refractivity contribution in [1.29, 1.82) is 0 Å². The summed E-state index contributed by atoms with van der Waals surface area (Å²) in [5.41, 5.74) is 13.7. The number of anilines is 1. The molecule has 0 saturated carbocycles. The molecule has 0 aliphatic heterocycles. The summed E-state index contributed by atoms with van der Waals surface area (Å²) < 4.78 is 1.50. The number of unbranched alkanes of at least 4 members (excludes halogenated alkanes) is 1. The topological polar surface area (TPSA) is 145 Å². The lowest BCUT2D eigenvalue weighted by Gasteiger charge is -2.15. The highest BCUT2D eigenvalue weighted by molar-refractivity contribution is 5.98. The molecule has 1 aromatic heterocycles. The summed E-state index contributed by atoms with van der Waals surface area (Å²) in [6, 6.07) is 15.3. The average molecular weight is 449 g/mol. The number of rotatable bonds is 10. The van der Waals surface area contributed by atoms with Gasteiger partial charge in [-0.2, -0.15) is 5.10 Å². The van der Waals surface area contributed by atoms with Gasteiger partial charge in [0, 0.05) is 12.1 Å². The van der Waals surface area contributed by atoms with Crippen molar-refractivity contribution in [2.45, 2.75) is 38.8 Å². The van der Waals surface area contributed by atoms with Gasteiger partial charge in [0.05, 0.1) is 11.9 Å². The molecular weight excluding hydrogens is 420 g/mol. The van der Waals surface area contributed by atoms with Crippen LogP contribution in [0, 0.1) is 0 Å². The van der Waals surface area contributed by atoms with Crippen molar-refractivity contribution in [2.24, 2.45) is 5.73 Å². The van der Waals surface area contributed by atoms with Gasteiger partial charge in [0.15, 0.2) is 0 Å². The average Bonchev–Trinajstić information content (AvgIpc) is 3.22. The number of nitrogens with two attached hydrogens (primary N) is 2.